The van der Waals surface area contributed by atoms with Crippen molar-refractivity contribution in [3.8, 4) is 0 Å². The van der Waals surface area contributed by atoms with Crippen LogP contribution in [0.2, 0.25) is 0 Å². The van der Waals surface area contributed by atoms with Crippen molar-refractivity contribution < 1.29 is 0 Å². The van der Waals surface area contributed by atoms with Crippen LogP contribution in [-0.2, 0) is 0 Å². The maximum absolute atomic E-state index is 2.74. The van der Waals surface area contributed by atoms with Gasteiger partial charge in [0.25, 0.3) is 0 Å². The standard InChI is InChI=1S/C12H21NS/c1-8(2)10-3-9(4-10)5-13-6-12-11(13)7-14-12/h8-12H,3-7H2,1-2H3. The average molecular weight is 211 g/mol. The summed E-state index contributed by atoms with van der Waals surface area (Å²) >= 11 is 2.18. The van der Waals surface area contributed by atoms with Gasteiger partial charge in [-0.15, -0.1) is 0 Å². The van der Waals surface area contributed by atoms with Crippen LogP contribution in [-0.4, -0.2) is 35.0 Å². The van der Waals surface area contributed by atoms with Crippen molar-refractivity contribution in [2.24, 2.45) is 17.8 Å². The van der Waals surface area contributed by atoms with Crippen LogP contribution in [0, 0.1) is 17.8 Å². The highest BCUT2D eigenvalue weighted by atomic mass is 32.2. The van der Waals surface area contributed by atoms with Crippen LogP contribution in [0.1, 0.15) is 26.7 Å². The quantitative estimate of drug-likeness (QED) is 0.705. The number of likely N-dealkylation sites (tertiary alicyclic amines) is 1. The number of rotatable bonds is 3. The third-order valence-electron chi connectivity index (χ3n) is 4.50. The van der Waals surface area contributed by atoms with E-state index in [0.29, 0.717) is 0 Å². The maximum atomic E-state index is 2.74. The van der Waals surface area contributed by atoms with Gasteiger partial charge >= 0.3 is 0 Å². The van der Waals surface area contributed by atoms with E-state index in [1.807, 2.05) is 0 Å². The molecule has 1 nitrogen and oxygen atoms in total. The summed E-state index contributed by atoms with van der Waals surface area (Å²) in [5, 5.41) is 1.04. The third kappa shape index (κ3) is 1.42. The molecule has 2 unspecified atom stereocenters. The molecule has 1 saturated carbocycles. The van der Waals surface area contributed by atoms with Crippen molar-refractivity contribution in [2.45, 2.75) is 38.0 Å². The van der Waals surface area contributed by atoms with E-state index >= 15 is 0 Å². The zero-order valence-electron chi connectivity index (χ0n) is 9.28. The van der Waals surface area contributed by atoms with Crippen molar-refractivity contribution in [1.29, 1.82) is 0 Å². The van der Waals surface area contributed by atoms with E-state index in [4.69, 9.17) is 0 Å². The van der Waals surface area contributed by atoms with Crippen molar-refractivity contribution in [3.63, 3.8) is 0 Å². The summed E-state index contributed by atoms with van der Waals surface area (Å²) in [6.07, 6.45) is 3.03. The molecule has 2 atom stereocenters. The third-order valence-corrected chi connectivity index (χ3v) is 5.93. The van der Waals surface area contributed by atoms with Gasteiger partial charge in [0, 0.05) is 30.1 Å². The molecule has 3 aliphatic rings. The largest absolute Gasteiger partial charge is 0.297 e. The van der Waals surface area contributed by atoms with Crippen molar-refractivity contribution in [1.82, 2.24) is 4.90 Å². The highest BCUT2D eigenvalue weighted by Crippen LogP contribution is 2.45. The van der Waals surface area contributed by atoms with Crippen molar-refractivity contribution in [3.05, 3.63) is 0 Å². The second-order valence-electron chi connectivity index (χ2n) is 5.73. The average Bonchev–Trinajstić information content (AvgIpc) is 2.02. The van der Waals surface area contributed by atoms with Crippen molar-refractivity contribution in [2.75, 3.05) is 18.8 Å². The fourth-order valence-electron chi connectivity index (χ4n) is 3.08. The molecule has 0 spiro atoms. The Hall–Kier alpha value is 0.310. The molecule has 2 aliphatic heterocycles. The van der Waals surface area contributed by atoms with Crippen LogP contribution in [0.15, 0.2) is 0 Å². The van der Waals surface area contributed by atoms with Gasteiger partial charge in [-0.05, 0) is 30.6 Å². The lowest BCUT2D eigenvalue weighted by Crippen LogP contribution is -2.66. The van der Waals surface area contributed by atoms with Crippen LogP contribution >= 0.6 is 11.8 Å². The van der Waals surface area contributed by atoms with E-state index in [1.54, 1.807) is 0 Å². The summed E-state index contributed by atoms with van der Waals surface area (Å²) < 4.78 is 0. The Kier molecular flexibility index (Phi) is 2.32. The Morgan fingerprint density at radius 1 is 1.36 bits per heavy atom. The molecule has 0 aromatic carbocycles. The summed E-state index contributed by atoms with van der Waals surface area (Å²) in [7, 11) is 0. The predicted molar refractivity (Wildman–Crippen MR) is 62.7 cm³/mol. The topological polar surface area (TPSA) is 3.24 Å². The SMILES string of the molecule is CC(C)C1CC(CN2CC3SCC32)C1. The summed E-state index contributed by atoms with van der Waals surface area (Å²) in [5.74, 6) is 4.45. The molecule has 0 radical (unpaired) electrons. The summed E-state index contributed by atoms with van der Waals surface area (Å²) in [6.45, 7) is 7.58. The lowest BCUT2D eigenvalue weighted by Gasteiger charge is -2.57. The lowest BCUT2D eigenvalue weighted by atomic mass is 9.69. The number of fused-ring (bicyclic) bond motifs is 1. The smallest absolute Gasteiger partial charge is 0.0339 e. The number of hydrogen-bond donors (Lipinski definition) is 0. The number of hydrogen-bond acceptors (Lipinski definition) is 2. The molecule has 80 valence electrons. The van der Waals surface area contributed by atoms with Gasteiger partial charge in [-0.3, -0.25) is 4.90 Å². The Morgan fingerprint density at radius 2 is 2.14 bits per heavy atom. The van der Waals surface area contributed by atoms with Gasteiger partial charge in [0.2, 0.25) is 0 Å². The Labute approximate surface area is 91.6 Å². The number of thioether (sulfide) groups is 1. The zero-order valence-corrected chi connectivity index (χ0v) is 10.1. The molecule has 2 saturated heterocycles. The van der Waals surface area contributed by atoms with Crippen LogP contribution in [0.3, 0.4) is 0 Å². The summed E-state index contributed by atoms with van der Waals surface area (Å²) in [4.78, 5) is 2.74. The molecule has 0 aromatic rings. The lowest BCUT2D eigenvalue weighted by molar-refractivity contribution is 0.0327. The van der Waals surface area contributed by atoms with Crippen LogP contribution in [0.25, 0.3) is 0 Å². The van der Waals surface area contributed by atoms with Gasteiger partial charge in [0.05, 0.1) is 0 Å². The minimum Gasteiger partial charge on any atom is -0.297 e. The molecule has 3 rings (SSSR count). The van der Waals surface area contributed by atoms with Crippen LogP contribution in [0.4, 0.5) is 0 Å². The van der Waals surface area contributed by atoms with Gasteiger partial charge < -0.3 is 0 Å². The highest BCUT2D eigenvalue weighted by molar-refractivity contribution is 8.01. The van der Waals surface area contributed by atoms with E-state index in [0.717, 1.165) is 29.0 Å². The molecule has 2 heteroatoms. The fourth-order valence-corrected chi connectivity index (χ4v) is 4.40. The maximum Gasteiger partial charge on any atom is 0.0339 e. The second-order valence-corrected chi connectivity index (χ2v) is 7.01. The van der Waals surface area contributed by atoms with E-state index in [-0.39, 0.29) is 0 Å². The first-order chi connectivity index (χ1) is 6.74. The molecular weight excluding hydrogens is 190 g/mol. The predicted octanol–water partition coefficient (Wildman–Crippen LogP) is 2.47. The van der Waals surface area contributed by atoms with Crippen LogP contribution in [0.5, 0.6) is 0 Å². The molecule has 0 aromatic heterocycles. The molecule has 2 heterocycles. The minimum atomic E-state index is 0.926. The normalized spacial score (nSPS) is 46.5. The molecule has 0 amide bonds. The summed E-state index contributed by atoms with van der Waals surface area (Å²) in [5.41, 5.74) is 0. The second kappa shape index (κ2) is 3.41. The van der Waals surface area contributed by atoms with Crippen LogP contribution < -0.4 is 0 Å². The molecule has 0 N–H and O–H groups in total. The van der Waals surface area contributed by atoms with Gasteiger partial charge in [-0.2, -0.15) is 11.8 Å². The van der Waals surface area contributed by atoms with E-state index < -0.39 is 0 Å². The number of nitrogens with zero attached hydrogens (tertiary/aromatic N) is 1. The molecule has 3 fully saturated rings. The Bertz CT molecular complexity index is 222. The van der Waals surface area contributed by atoms with E-state index in [1.165, 1.54) is 31.7 Å². The fraction of sp³-hybridized carbons (Fsp3) is 1.00. The Morgan fingerprint density at radius 3 is 2.57 bits per heavy atom. The first-order valence-electron chi connectivity index (χ1n) is 6.09. The molecular formula is C12H21NS. The molecule has 14 heavy (non-hydrogen) atoms. The highest BCUT2D eigenvalue weighted by Gasteiger charge is 2.47. The minimum absolute atomic E-state index is 0.926. The van der Waals surface area contributed by atoms with E-state index in [9.17, 15) is 0 Å². The molecule has 0 bridgehead atoms. The van der Waals surface area contributed by atoms with Gasteiger partial charge in [-0.1, -0.05) is 13.8 Å². The molecule has 1 aliphatic carbocycles. The first kappa shape index (κ1) is 9.53. The first-order valence-corrected chi connectivity index (χ1v) is 7.14. The monoisotopic (exact) mass is 211 g/mol. The van der Waals surface area contributed by atoms with Gasteiger partial charge in [0.1, 0.15) is 0 Å². The van der Waals surface area contributed by atoms with Crippen molar-refractivity contribution >= 4 is 11.8 Å². The van der Waals surface area contributed by atoms with E-state index in [2.05, 4.69) is 30.5 Å². The Balaban J connectivity index is 1.39. The van der Waals surface area contributed by atoms with Gasteiger partial charge in [-0.25, -0.2) is 0 Å². The van der Waals surface area contributed by atoms with Gasteiger partial charge in [0.15, 0.2) is 0 Å². The summed E-state index contributed by atoms with van der Waals surface area (Å²) in [6, 6.07) is 0.998. The zero-order chi connectivity index (χ0) is 9.71.